The van der Waals surface area contributed by atoms with E-state index in [1.54, 1.807) is 35.1 Å². The summed E-state index contributed by atoms with van der Waals surface area (Å²) in [5, 5.41) is 18.2. The number of rotatable bonds is 5. The summed E-state index contributed by atoms with van der Waals surface area (Å²) < 4.78 is 1.76. The molecule has 0 radical (unpaired) electrons. The zero-order valence-corrected chi connectivity index (χ0v) is 26.9. The van der Waals surface area contributed by atoms with Gasteiger partial charge in [0.05, 0.1) is 23.2 Å². The fourth-order valence-electron chi connectivity index (χ4n) is 5.96. The third-order valence-corrected chi connectivity index (χ3v) is 8.56. The zero-order valence-electron chi connectivity index (χ0n) is 26.9. The fraction of sp³-hybridized carbons (Fsp3) is 0.286. The van der Waals surface area contributed by atoms with E-state index >= 15 is 0 Å². The first-order valence-corrected chi connectivity index (χ1v) is 15.8. The molecule has 1 fully saturated rings. The van der Waals surface area contributed by atoms with Crippen molar-refractivity contribution in [3.63, 3.8) is 0 Å². The molecular formula is C35H38N10O2. The average molecular weight is 631 g/mol. The molecule has 4 N–H and O–H groups in total. The lowest BCUT2D eigenvalue weighted by Crippen LogP contribution is -2.43. The molecule has 0 spiro atoms. The molecule has 3 amide bonds. The second-order valence-corrected chi connectivity index (χ2v) is 13.0. The largest absolute Gasteiger partial charge is 0.354 e. The number of nitrogens with one attached hydrogen (secondary N) is 4. The first-order valence-electron chi connectivity index (χ1n) is 15.8. The predicted molar refractivity (Wildman–Crippen MR) is 186 cm³/mol. The number of nitrogens with zero attached hydrogens (tertiary/aromatic N) is 6. The summed E-state index contributed by atoms with van der Waals surface area (Å²) in [5.74, 6) is 1.36. The molecule has 1 saturated heterocycles. The number of carbonyl (C=O) groups excluding carboxylic acids is 2. The van der Waals surface area contributed by atoms with E-state index in [1.807, 2.05) is 48.7 Å². The van der Waals surface area contributed by atoms with Crippen molar-refractivity contribution in [1.82, 2.24) is 30.3 Å². The highest BCUT2D eigenvalue weighted by molar-refractivity contribution is 6.21. The van der Waals surface area contributed by atoms with Crippen molar-refractivity contribution < 1.29 is 9.59 Å². The van der Waals surface area contributed by atoms with Crippen LogP contribution >= 0.6 is 0 Å². The number of benzene rings is 2. The first-order chi connectivity index (χ1) is 22.6. The smallest absolute Gasteiger partial charge is 0.324 e. The van der Waals surface area contributed by atoms with Crippen molar-refractivity contribution in [2.24, 2.45) is 4.99 Å². The second-order valence-electron chi connectivity index (χ2n) is 13.0. The van der Waals surface area contributed by atoms with Gasteiger partial charge in [0, 0.05) is 73.1 Å². The van der Waals surface area contributed by atoms with E-state index in [9.17, 15) is 9.59 Å². The number of anilines is 3. The SMILES string of the molecule is CN1C(=O)C(c2cccc(NC(=O)Nc3cc(C(C)(C)C)nn3-c3ccc4nc(N5CCNCC5)ccc4c3)c2)=CC2=CNC=NC21. The summed E-state index contributed by atoms with van der Waals surface area (Å²) in [6.07, 6.45) is 4.91. The second kappa shape index (κ2) is 12.0. The molecule has 0 bridgehead atoms. The van der Waals surface area contributed by atoms with Crippen molar-refractivity contribution in [3.8, 4) is 5.69 Å². The van der Waals surface area contributed by atoms with Crippen LogP contribution in [0, 0.1) is 0 Å². The van der Waals surface area contributed by atoms with Crippen LogP contribution in [0.25, 0.3) is 22.2 Å². The molecule has 0 aliphatic carbocycles. The lowest BCUT2D eigenvalue weighted by molar-refractivity contribution is -0.125. The van der Waals surface area contributed by atoms with Gasteiger partial charge in [-0.2, -0.15) is 5.10 Å². The van der Waals surface area contributed by atoms with Crippen LogP contribution in [0.5, 0.6) is 0 Å². The molecule has 3 aliphatic rings. The van der Waals surface area contributed by atoms with Gasteiger partial charge in [0.1, 0.15) is 11.6 Å². The lowest BCUT2D eigenvalue weighted by atomic mass is 9.92. The Balaban J connectivity index is 1.13. The summed E-state index contributed by atoms with van der Waals surface area (Å²) in [6.45, 7) is 10.0. The number of urea groups is 1. The van der Waals surface area contributed by atoms with Crippen LogP contribution in [0.1, 0.15) is 32.0 Å². The highest BCUT2D eigenvalue weighted by Crippen LogP contribution is 2.31. The molecule has 1 unspecified atom stereocenters. The Morgan fingerprint density at radius 2 is 1.83 bits per heavy atom. The van der Waals surface area contributed by atoms with Gasteiger partial charge in [-0.15, -0.1) is 0 Å². The molecule has 47 heavy (non-hydrogen) atoms. The number of piperazine rings is 1. The average Bonchev–Trinajstić information content (AvgIpc) is 3.51. The molecule has 5 heterocycles. The predicted octanol–water partition coefficient (Wildman–Crippen LogP) is 4.47. The van der Waals surface area contributed by atoms with E-state index in [0.717, 1.165) is 59.9 Å². The number of aromatic nitrogens is 3. The standard InChI is InChI=1S/C35H38N10O2/c1-35(2,3)29-19-31(45(42-29)26-9-10-28-23(17-26)8-11-30(40-28)44-14-12-36-13-15-44)41-34(47)39-25-7-5-6-22(16-25)27-18-24-20-37-21-38-32(24)43(4)33(27)46/h5-11,16-21,32,36H,12-15H2,1-4H3,(H,37,38)(H2,39,41,47). The summed E-state index contributed by atoms with van der Waals surface area (Å²) in [5.41, 5.74) is 4.95. The minimum atomic E-state index is -0.429. The van der Waals surface area contributed by atoms with Crippen molar-refractivity contribution in [2.45, 2.75) is 32.4 Å². The van der Waals surface area contributed by atoms with Gasteiger partial charge in [-0.25, -0.2) is 19.5 Å². The monoisotopic (exact) mass is 630 g/mol. The Bertz CT molecular complexity index is 1960. The van der Waals surface area contributed by atoms with Gasteiger partial charge in [-0.1, -0.05) is 32.9 Å². The number of hydrogen-bond acceptors (Lipinski definition) is 8. The van der Waals surface area contributed by atoms with Crippen molar-refractivity contribution in [2.75, 3.05) is 48.8 Å². The first kappa shape index (κ1) is 30.2. The normalized spacial score (nSPS) is 18.0. The molecule has 3 aliphatic heterocycles. The Labute approximate surface area is 273 Å². The molecule has 12 heteroatoms. The molecule has 2 aromatic carbocycles. The maximum Gasteiger partial charge on any atom is 0.324 e. The maximum absolute atomic E-state index is 13.4. The van der Waals surface area contributed by atoms with Crippen LogP contribution in [0.4, 0.5) is 22.1 Å². The summed E-state index contributed by atoms with van der Waals surface area (Å²) >= 11 is 0. The Morgan fingerprint density at radius 3 is 2.64 bits per heavy atom. The van der Waals surface area contributed by atoms with Gasteiger partial charge >= 0.3 is 6.03 Å². The molecular weight excluding hydrogens is 592 g/mol. The Kier molecular flexibility index (Phi) is 7.72. The van der Waals surface area contributed by atoms with Crippen molar-refractivity contribution >= 4 is 52.1 Å². The topological polar surface area (TPSA) is 132 Å². The van der Waals surface area contributed by atoms with Crippen LogP contribution in [-0.2, 0) is 10.2 Å². The fourth-order valence-corrected chi connectivity index (χ4v) is 5.96. The van der Waals surface area contributed by atoms with Gasteiger partial charge in [-0.3, -0.25) is 10.1 Å². The number of aliphatic imine (C=N–C) groups is 1. The number of carbonyl (C=O) groups is 2. The third kappa shape index (κ3) is 6.07. The van der Waals surface area contributed by atoms with E-state index in [1.165, 1.54) is 0 Å². The van der Waals surface area contributed by atoms with Crippen molar-refractivity contribution in [1.29, 1.82) is 0 Å². The number of pyridine rings is 1. The summed E-state index contributed by atoms with van der Waals surface area (Å²) in [4.78, 5) is 39.8. The number of amides is 3. The van der Waals surface area contributed by atoms with Crippen molar-refractivity contribution in [3.05, 3.63) is 89.8 Å². The van der Waals surface area contributed by atoms with Crippen LogP contribution in [-0.4, -0.2) is 77.3 Å². The van der Waals surface area contributed by atoms with E-state index in [0.29, 0.717) is 22.6 Å². The van der Waals surface area contributed by atoms with Gasteiger partial charge in [0.15, 0.2) is 6.17 Å². The highest BCUT2D eigenvalue weighted by atomic mass is 16.2. The molecule has 0 saturated carbocycles. The quantitative estimate of drug-likeness (QED) is 0.256. The molecule has 2 aromatic heterocycles. The Hall–Kier alpha value is -5.49. The maximum atomic E-state index is 13.4. The minimum absolute atomic E-state index is 0.142. The molecule has 240 valence electrons. The third-order valence-electron chi connectivity index (χ3n) is 8.56. The number of fused-ring (bicyclic) bond motifs is 2. The minimum Gasteiger partial charge on any atom is -0.354 e. The molecule has 4 aromatic rings. The molecule has 12 nitrogen and oxygen atoms in total. The highest BCUT2D eigenvalue weighted by Gasteiger charge is 2.31. The van der Waals surface area contributed by atoms with Gasteiger partial charge in [0.25, 0.3) is 5.91 Å². The number of likely N-dealkylation sites (N-methyl/N-ethyl adjacent to an activating group) is 1. The van der Waals surface area contributed by atoms with Gasteiger partial charge in [0.2, 0.25) is 0 Å². The molecule has 1 atom stereocenters. The molecule has 7 rings (SSSR count). The Morgan fingerprint density at radius 1 is 1.00 bits per heavy atom. The lowest BCUT2D eigenvalue weighted by Gasteiger charge is -2.32. The summed E-state index contributed by atoms with van der Waals surface area (Å²) in [6, 6.07) is 18.9. The number of hydrogen-bond donors (Lipinski definition) is 4. The van der Waals surface area contributed by atoms with Gasteiger partial charge < -0.3 is 25.8 Å². The van der Waals surface area contributed by atoms with Crippen LogP contribution in [0.3, 0.4) is 0 Å². The van der Waals surface area contributed by atoms with Gasteiger partial charge in [-0.05, 0) is 54.1 Å². The van der Waals surface area contributed by atoms with E-state index in [4.69, 9.17) is 10.1 Å². The van der Waals surface area contributed by atoms with E-state index in [2.05, 4.69) is 64.1 Å². The van der Waals surface area contributed by atoms with Crippen LogP contribution < -0.4 is 26.2 Å². The zero-order chi connectivity index (χ0) is 32.7. The van der Waals surface area contributed by atoms with Crippen LogP contribution in [0.2, 0.25) is 0 Å². The van der Waals surface area contributed by atoms with E-state index < -0.39 is 6.03 Å². The summed E-state index contributed by atoms with van der Waals surface area (Å²) in [7, 11) is 1.73. The van der Waals surface area contributed by atoms with E-state index in [-0.39, 0.29) is 17.5 Å². The van der Waals surface area contributed by atoms with Crippen LogP contribution in [0.15, 0.2) is 83.5 Å².